The summed E-state index contributed by atoms with van der Waals surface area (Å²) in [5, 5.41) is 30.9. The van der Waals surface area contributed by atoms with Gasteiger partial charge in [0.1, 0.15) is 5.60 Å². The van der Waals surface area contributed by atoms with E-state index in [1.54, 1.807) is 0 Å². The molecule has 3 fully saturated rings. The molecule has 8 rings (SSSR count). The van der Waals surface area contributed by atoms with Crippen molar-refractivity contribution >= 4 is 34.5 Å². The Hall–Kier alpha value is -3.26. The Morgan fingerprint density at radius 1 is 1.07 bits per heavy atom. The lowest BCUT2D eigenvalue weighted by atomic mass is 9.45. The molecule has 0 saturated heterocycles. The second kappa shape index (κ2) is 10.4. The highest BCUT2D eigenvalue weighted by molar-refractivity contribution is 7.99. The Bertz CT molecular complexity index is 1870. The number of ketones is 1. The molecule has 2 aromatic heterocycles. The van der Waals surface area contributed by atoms with Gasteiger partial charge in [-0.3, -0.25) is 4.79 Å². The first-order valence-corrected chi connectivity index (χ1v) is 17.4. The number of rotatable bonds is 5. The van der Waals surface area contributed by atoms with E-state index in [9.17, 15) is 15.0 Å². The summed E-state index contributed by atoms with van der Waals surface area (Å²) < 4.78 is 2.08. The van der Waals surface area contributed by atoms with Gasteiger partial charge in [-0.2, -0.15) is 5.10 Å². The molecule has 6 nitrogen and oxygen atoms in total. The summed E-state index contributed by atoms with van der Waals surface area (Å²) in [7, 11) is 0. The number of carbonyl (C=O) groups is 1. The Kier molecular flexibility index (Phi) is 6.73. The maximum Gasteiger partial charge on any atom is 0.175 e. The van der Waals surface area contributed by atoms with E-state index in [-0.39, 0.29) is 34.7 Å². The van der Waals surface area contributed by atoms with Crippen LogP contribution >= 0.6 is 11.8 Å². The summed E-state index contributed by atoms with van der Waals surface area (Å²) in [6.07, 6.45) is 8.27. The minimum absolute atomic E-state index is 0.0826. The van der Waals surface area contributed by atoms with Gasteiger partial charge in [-0.15, -0.1) is 0 Å². The Balaban J connectivity index is 1.05. The molecule has 0 aliphatic heterocycles. The molecular formula is C38H41N3O3S. The van der Waals surface area contributed by atoms with Crippen LogP contribution in [0.25, 0.3) is 22.7 Å². The van der Waals surface area contributed by atoms with Crippen molar-refractivity contribution in [1.29, 1.82) is 0 Å². The van der Waals surface area contributed by atoms with Crippen LogP contribution in [0, 0.1) is 35.5 Å². The first-order valence-electron chi connectivity index (χ1n) is 16.4. The molecule has 0 radical (unpaired) electrons. The van der Waals surface area contributed by atoms with Gasteiger partial charge in [0.15, 0.2) is 5.78 Å². The summed E-state index contributed by atoms with van der Waals surface area (Å²) in [6.45, 7) is 6.55. The Morgan fingerprint density at radius 3 is 2.71 bits per heavy atom. The zero-order valence-corrected chi connectivity index (χ0v) is 27.1. The summed E-state index contributed by atoms with van der Waals surface area (Å²) in [5.41, 5.74) is 4.69. The number of aromatic nitrogens is 3. The number of carbonyl (C=O) groups excluding carboxylic acids is 1. The second-order valence-electron chi connectivity index (χ2n) is 14.5. The highest BCUT2D eigenvalue weighted by atomic mass is 32.2. The van der Waals surface area contributed by atoms with Crippen LogP contribution < -0.4 is 0 Å². The number of fused-ring (bicyclic) bond motifs is 7. The summed E-state index contributed by atoms with van der Waals surface area (Å²) in [5.74, 6) is 0.571. The van der Waals surface area contributed by atoms with Crippen LogP contribution in [0.3, 0.4) is 0 Å². The highest BCUT2D eigenvalue weighted by Gasteiger charge is 2.68. The number of aliphatic hydroxyl groups is 2. The third-order valence-corrected chi connectivity index (χ3v) is 13.2. The van der Waals surface area contributed by atoms with Crippen LogP contribution in [0.2, 0.25) is 0 Å². The quantitative estimate of drug-likeness (QED) is 0.235. The van der Waals surface area contributed by atoms with Crippen molar-refractivity contribution in [3.05, 3.63) is 89.3 Å². The minimum atomic E-state index is -1.45. The van der Waals surface area contributed by atoms with E-state index in [1.807, 2.05) is 42.6 Å². The summed E-state index contributed by atoms with van der Waals surface area (Å²) >= 11 is 1.40. The maximum absolute atomic E-state index is 13.9. The molecule has 4 aliphatic carbocycles. The van der Waals surface area contributed by atoms with Crippen molar-refractivity contribution in [1.82, 2.24) is 14.8 Å². The van der Waals surface area contributed by atoms with Crippen LogP contribution in [-0.4, -0.2) is 48.2 Å². The number of nitrogens with zero attached hydrogens (tertiary/aromatic N) is 3. The van der Waals surface area contributed by atoms with Crippen LogP contribution in [0.15, 0.2) is 77.5 Å². The molecule has 4 aromatic rings. The van der Waals surface area contributed by atoms with E-state index < -0.39 is 17.1 Å². The number of benzene rings is 2. The molecule has 2 aromatic carbocycles. The average Bonchev–Trinajstić information content (AvgIpc) is 3.55. The molecule has 3 saturated carbocycles. The number of aryl methyl sites for hydroxylation is 1. The number of para-hydroxylation sites is 2. The number of thioether (sulfide) groups is 1. The topological polar surface area (TPSA) is 88.2 Å². The maximum atomic E-state index is 13.9. The van der Waals surface area contributed by atoms with E-state index in [4.69, 9.17) is 10.1 Å². The summed E-state index contributed by atoms with van der Waals surface area (Å²) in [6, 6.07) is 20.3. The first-order chi connectivity index (χ1) is 21.6. The van der Waals surface area contributed by atoms with Gasteiger partial charge in [0, 0.05) is 10.8 Å². The van der Waals surface area contributed by atoms with Gasteiger partial charge in [0.05, 0.1) is 40.0 Å². The van der Waals surface area contributed by atoms with Gasteiger partial charge < -0.3 is 10.2 Å². The van der Waals surface area contributed by atoms with Gasteiger partial charge in [-0.1, -0.05) is 73.6 Å². The highest BCUT2D eigenvalue weighted by Crippen LogP contribution is 2.67. The molecule has 45 heavy (non-hydrogen) atoms. The Morgan fingerprint density at radius 2 is 1.87 bits per heavy atom. The number of aliphatic hydroxyl groups excluding tert-OH is 1. The van der Waals surface area contributed by atoms with Gasteiger partial charge in [0.25, 0.3) is 0 Å². The molecular weight excluding hydrogens is 579 g/mol. The van der Waals surface area contributed by atoms with Gasteiger partial charge in [-0.25, -0.2) is 9.67 Å². The largest absolute Gasteiger partial charge is 0.393 e. The van der Waals surface area contributed by atoms with E-state index >= 15 is 0 Å². The fourth-order valence-corrected chi connectivity index (χ4v) is 10.9. The van der Waals surface area contributed by atoms with Gasteiger partial charge in [-0.05, 0) is 104 Å². The van der Waals surface area contributed by atoms with Crippen LogP contribution in [0.5, 0.6) is 0 Å². The zero-order valence-electron chi connectivity index (χ0n) is 26.2. The SMILES string of the molecule is Cc1ccccc1-n1ncc2c1C=C1CCC3C([C@@H](O)CC4(C)C3CC[C@]4(O)C(=O)CSc3ccc4ccccc4n3)C1(C)C2. The lowest BCUT2D eigenvalue weighted by molar-refractivity contribution is -0.177. The van der Waals surface area contributed by atoms with E-state index in [0.29, 0.717) is 12.8 Å². The minimum Gasteiger partial charge on any atom is -0.393 e. The summed E-state index contributed by atoms with van der Waals surface area (Å²) in [4.78, 5) is 18.6. The fourth-order valence-electron chi connectivity index (χ4n) is 10.0. The predicted molar refractivity (Wildman–Crippen MR) is 178 cm³/mol. The third-order valence-electron chi connectivity index (χ3n) is 12.3. The molecule has 7 heteroatoms. The van der Waals surface area contributed by atoms with Crippen LogP contribution in [0.4, 0.5) is 0 Å². The molecule has 0 amide bonds. The van der Waals surface area contributed by atoms with Crippen molar-refractivity contribution in [3.8, 4) is 5.69 Å². The molecule has 0 spiro atoms. The lowest BCUT2D eigenvalue weighted by Gasteiger charge is -2.60. The van der Waals surface area contributed by atoms with Crippen LogP contribution in [-0.2, 0) is 11.2 Å². The predicted octanol–water partition coefficient (Wildman–Crippen LogP) is 6.97. The number of allylic oxidation sites excluding steroid dienone is 1. The van der Waals surface area contributed by atoms with Crippen molar-refractivity contribution < 1.29 is 15.0 Å². The smallest absolute Gasteiger partial charge is 0.175 e. The number of hydrogen-bond acceptors (Lipinski definition) is 6. The first kappa shape index (κ1) is 29.2. The lowest BCUT2D eigenvalue weighted by Crippen LogP contribution is -2.62. The Labute approximate surface area is 269 Å². The molecule has 2 N–H and O–H groups in total. The average molecular weight is 620 g/mol. The molecule has 4 aliphatic rings. The number of pyridine rings is 1. The zero-order chi connectivity index (χ0) is 31.1. The van der Waals surface area contributed by atoms with Crippen molar-refractivity contribution in [2.45, 2.75) is 76.0 Å². The third kappa shape index (κ3) is 4.26. The van der Waals surface area contributed by atoms with Gasteiger partial charge in [0.2, 0.25) is 0 Å². The van der Waals surface area contributed by atoms with Crippen molar-refractivity contribution in [2.75, 3.05) is 5.75 Å². The molecule has 7 atom stereocenters. The number of hydrogen-bond donors (Lipinski definition) is 2. The molecule has 5 unspecified atom stereocenters. The second-order valence-corrected chi connectivity index (χ2v) is 15.5. The fraction of sp³-hybridized carbons (Fsp3) is 0.447. The van der Waals surface area contributed by atoms with E-state index in [1.165, 1.54) is 28.5 Å². The van der Waals surface area contributed by atoms with E-state index in [0.717, 1.165) is 53.0 Å². The molecule has 232 valence electrons. The standard InChI is InChI=1S/C38H41N3O3S/c1-23-8-4-7-11-30(23)41-31-18-26-13-14-27-28-16-17-38(44,33(43)22-45-34-15-12-24-9-5-6-10-29(24)40-34)37(28,3)20-32(42)35(27)36(26,2)19-25(31)21-39-41/h4-12,15,18,21,27-28,32,35,42,44H,13-14,16-17,19-20,22H2,1-3H3/t27?,28?,32-,35?,36?,37?,38-/m0/s1. The van der Waals surface area contributed by atoms with Crippen molar-refractivity contribution in [2.24, 2.45) is 28.6 Å². The normalized spacial score (nSPS) is 33.6. The van der Waals surface area contributed by atoms with Gasteiger partial charge >= 0.3 is 0 Å². The monoisotopic (exact) mass is 619 g/mol. The van der Waals surface area contributed by atoms with Crippen LogP contribution in [0.1, 0.15) is 62.8 Å². The number of Topliss-reactive ketones (excluding diaryl/α,β-unsaturated/α-hetero) is 1. The van der Waals surface area contributed by atoms with Crippen molar-refractivity contribution in [3.63, 3.8) is 0 Å². The van der Waals surface area contributed by atoms with E-state index in [2.05, 4.69) is 55.8 Å². The molecule has 2 heterocycles. The molecule has 0 bridgehead atoms.